The number of carbonyl (C=O) groups excluding carboxylic acids is 1. The molecule has 2 aromatic rings. The quantitative estimate of drug-likeness (QED) is 0.302. The molecule has 27 heavy (non-hydrogen) atoms. The normalized spacial score (nSPS) is 11.5. The molecule has 2 radical (unpaired) electrons. The molecule has 6 nitrogen and oxygen atoms in total. The second kappa shape index (κ2) is 9.39. The van der Waals surface area contributed by atoms with Gasteiger partial charge in [0.25, 0.3) is 10.1 Å². The molecule has 0 heterocycles. The Hall–Kier alpha value is -2.58. The summed E-state index contributed by atoms with van der Waals surface area (Å²) in [5.41, 5.74) is 2.68. The highest BCUT2D eigenvalue weighted by Crippen LogP contribution is 2.17. The van der Waals surface area contributed by atoms with Crippen molar-refractivity contribution in [1.29, 1.82) is 0 Å². The minimum atomic E-state index is -3.45. The lowest BCUT2D eigenvalue weighted by Gasteiger charge is -2.15. The van der Waals surface area contributed by atoms with Crippen LogP contribution < -0.4 is 9.64 Å². The van der Waals surface area contributed by atoms with Crippen LogP contribution >= 0.6 is 0 Å². The molecule has 0 fully saturated rings. The van der Waals surface area contributed by atoms with Crippen molar-refractivity contribution in [3.8, 4) is 5.75 Å². The molecular formula is C19H20BNO5S. The molecule has 0 saturated heterocycles. The zero-order chi connectivity index (χ0) is 19.9. The second-order valence-corrected chi connectivity index (χ2v) is 7.41. The van der Waals surface area contributed by atoms with E-state index >= 15 is 0 Å². The first-order chi connectivity index (χ1) is 12.7. The van der Waals surface area contributed by atoms with E-state index in [1.165, 1.54) is 4.90 Å². The summed E-state index contributed by atoms with van der Waals surface area (Å²) in [4.78, 5) is 12.5. The lowest BCUT2D eigenvalue weighted by molar-refractivity contribution is 0.222. The summed E-state index contributed by atoms with van der Waals surface area (Å²) < 4.78 is 31.7. The molecule has 0 N–H and O–H groups in total. The van der Waals surface area contributed by atoms with Crippen molar-refractivity contribution in [3.63, 3.8) is 0 Å². The van der Waals surface area contributed by atoms with E-state index in [-0.39, 0.29) is 13.2 Å². The monoisotopic (exact) mass is 385 g/mol. The van der Waals surface area contributed by atoms with E-state index in [4.69, 9.17) is 12.6 Å². The van der Waals surface area contributed by atoms with Crippen LogP contribution in [-0.2, 0) is 14.3 Å². The Morgan fingerprint density at radius 3 is 2.00 bits per heavy atom. The predicted molar refractivity (Wildman–Crippen MR) is 108 cm³/mol. The summed E-state index contributed by atoms with van der Waals surface area (Å²) in [7, 11) is 3.41. The van der Waals surface area contributed by atoms with Gasteiger partial charge in [-0.3, -0.25) is 8.98 Å². The predicted octanol–water partition coefficient (Wildman–Crippen LogP) is 2.94. The maximum Gasteiger partial charge on any atom is 0.264 e. The van der Waals surface area contributed by atoms with Gasteiger partial charge in [-0.05, 0) is 35.4 Å². The standard InChI is InChI=1S/C19H20BNO5S/c1-21(19(20)22)17-9-5-15(6-10-17)3-4-16-7-11-18(12-8-16)25-13-14-26-27(2,23)24/h3-12H,13-14H2,1-2H3/b4-3+. The van der Waals surface area contributed by atoms with E-state index in [0.717, 1.165) is 23.1 Å². The molecule has 2 rings (SSSR count). The van der Waals surface area contributed by atoms with Crippen LogP contribution in [0.5, 0.6) is 5.75 Å². The average Bonchev–Trinajstić information content (AvgIpc) is 2.63. The maximum atomic E-state index is 11.1. The van der Waals surface area contributed by atoms with Gasteiger partial charge in [0.1, 0.15) is 19.0 Å². The first-order valence-corrected chi connectivity index (χ1v) is 9.95. The van der Waals surface area contributed by atoms with Crippen LogP contribution in [0, 0.1) is 0 Å². The van der Waals surface area contributed by atoms with E-state index in [2.05, 4.69) is 4.18 Å². The van der Waals surface area contributed by atoms with E-state index in [0.29, 0.717) is 5.75 Å². The van der Waals surface area contributed by atoms with Gasteiger partial charge in [0, 0.05) is 12.7 Å². The van der Waals surface area contributed by atoms with Crippen LogP contribution in [0.3, 0.4) is 0 Å². The fourth-order valence-corrected chi connectivity index (χ4v) is 2.52. The molecule has 140 valence electrons. The third-order valence-corrected chi connectivity index (χ3v) is 4.20. The molecule has 0 aliphatic heterocycles. The van der Waals surface area contributed by atoms with Crippen molar-refractivity contribution in [1.82, 2.24) is 0 Å². The fourth-order valence-electron chi connectivity index (χ4n) is 2.15. The van der Waals surface area contributed by atoms with Crippen LogP contribution in [0.15, 0.2) is 48.5 Å². The number of carbonyl (C=O) groups is 1. The minimum Gasteiger partial charge on any atom is -0.491 e. The summed E-state index contributed by atoms with van der Waals surface area (Å²) in [6.07, 6.45) is 4.89. The Balaban J connectivity index is 1.89. The van der Waals surface area contributed by atoms with Gasteiger partial charge in [0.05, 0.1) is 6.26 Å². The molecule has 0 aromatic heterocycles. The summed E-state index contributed by atoms with van der Waals surface area (Å²) in [6, 6.07) is 14.8. The van der Waals surface area contributed by atoms with E-state index in [1.807, 2.05) is 48.6 Å². The van der Waals surface area contributed by atoms with E-state index in [1.54, 1.807) is 19.2 Å². The highest BCUT2D eigenvalue weighted by atomic mass is 32.2. The van der Waals surface area contributed by atoms with Gasteiger partial charge in [0.15, 0.2) is 5.81 Å². The summed E-state index contributed by atoms with van der Waals surface area (Å²) in [5.74, 6) is 0.117. The number of rotatable bonds is 8. The number of hydrogen-bond donors (Lipinski definition) is 0. The van der Waals surface area contributed by atoms with Gasteiger partial charge in [-0.25, -0.2) is 0 Å². The average molecular weight is 385 g/mol. The van der Waals surface area contributed by atoms with Crippen molar-refractivity contribution in [2.45, 2.75) is 0 Å². The molecule has 2 aromatic carbocycles. The fraction of sp³-hybridized carbons (Fsp3) is 0.211. The smallest absolute Gasteiger partial charge is 0.264 e. The van der Waals surface area contributed by atoms with Gasteiger partial charge < -0.3 is 9.64 Å². The third kappa shape index (κ3) is 7.28. The summed E-state index contributed by atoms with van der Waals surface area (Å²) >= 11 is 0. The lowest BCUT2D eigenvalue weighted by Crippen LogP contribution is -2.24. The van der Waals surface area contributed by atoms with Crippen molar-refractivity contribution >= 4 is 41.6 Å². The number of amides is 1. The molecule has 0 atom stereocenters. The zero-order valence-electron chi connectivity index (χ0n) is 15.2. The van der Waals surface area contributed by atoms with Gasteiger partial charge in [-0.15, -0.1) is 0 Å². The summed E-state index contributed by atoms with van der Waals surface area (Å²) in [6.45, 7) is 0.121. The van der Waals surface area contributed by atoms with Gasteiger partial charge in [-0.2, -0.15) is 8.42 Å². The largest absolute Gasteiger partial charge is 0.491 e. The zero-order valence-corrected chi connectivity index (χ0v) is 16.0. The second-order valence-electron chi connectivity index (χ2n) is 5.77. The first kappa shape index (κ1) is 20.7. The van der Waals surface area contributed by atoms with Crippen LogP contribution in [0.25, 0.3) is 12.2 Å². The Morgan fingerprint density at radius 1 is 1.00 bits per heavy atom. The SMILES string of the molecule is [B]C(=O)N(C)c1ccc(/C=C/c2ccc(OCCOS(C)(=O)=O)cc2)cc1. The van der Waals surface area contributed by atoms with Crippen molar-refractivity contribution < 1.29 is 22.1 Å². The molecule has 8 heteroatoms. The van der Waals surface area contributed by atoms with Crippen molar-refractivity contribution in [3.05, 3.63) is 59.7 Å². The molecule has 1 amide bonds. The number of ether oxygens (including phenoxy) is 1. The lowest BCUT2D eigenvalue weighted by atomic mass is 10.1. The summed E-state index contributed by atoms with van der Waals surface area (Å²) in [5, 5.41) is 0. The van der Waals surface area contributed by atoms with Crippen LogP contribution in [-0.4, -0.2) is 48.6 Å². The number of nitrogens with zero attached hydrogens (tertiary/aromatic N) is 1. The van der Waals surface area contributed by atoms with Crippen molar-refractivity contribution in [2.24, 2.45) is 0 Å². The Kier molecular flexibility index (Phi) is 7.21. The van der Waals surface area contributed by atoms with Crippen molar-refractivity contribution in [2.75, 3.05) is 31.4 Å². The number of benzene rings is 2. The van der Waals surface area contributed by atoms with E-state index in [9.17, 15) is 13.2 Å². The first-order valence-electron chi connectivity index (χ1n) is 8.13. The number of hydrogen-bond acceptors (Lipinski definition) is 5. The molecule has 0 aliphatic rings. The minimum absolute atomic E-state index is 0.0264. The molecular weight excluding hydrogens is 365 g/mol. The van der Waals surface area contributed by atoms with Crippen LogP contribution in [0.1, 0.15) is 11.1 Å². The Labute approximate surface area is 160 Å². The molecule has 0 unspecified atom stereocenters. The molecule has 0 bridgehead atoms. The Bertz CT molecular complexity index is 893. The Morgan fingerprint density at radius 2 is 1.52 bits per heavy atom. The topological polar surface area (TPSA) is 72.9 Å². The van der Waals surface area contributed by atoms with Gasteiger partial charge >= 0.3 is 0 Å². The van der Waals surface area contributed by atoms with E-state index < -0.39 is 15.9 Å². The van der Waals surface area contributed by atoms with Gasteiger partial charge in [-0.1, -0.05) is 36.4 Å². The van der Waals surface area contributed by atoms with Gasteiger partial charge in [0.2, 0.25) is 7.85 Å². The highest BCUT2D eigenvalue weighted by Gasteiger charge is 2.04. The third-order valence-electron chi connectivity index (χ3n) is 3.61. The highest BCUT2D eigenvalue weighted by molar-refractivity contribution is 7.85. The maximum absolute atomic E-state index is 11.1. The number of anilines is 1. The molecule has 0 saturated carbocycles. The van der Waals surface area contributed by atoms with Crippen LogP contribution in [0.4, 0.5) is 10.5 Å². The molecule has 0 spiro atoms. The molecule has 0 aliphatic carbocycles. The van der Waals surface area contributed by atoms with Crippen LogP contribution in [0.2, 0.25) is 0 Å².